The van der Waals surface area contributed by atoms with Crippen molar-refractivity contribution in [2.24, 2.45) is 5.73 Å². The molecule has 3 N–H and O–H groups in total. The van der Waals surface area contributed by atoms with E-state index in [1.54, 1.807) is 16.8 Å². The lowest BCUT2D eigenvalue weighted by Crippen LogP contribution is -2.06. The number of aliphatic hydroxyl groups is 1. The number of halogens is 1. The highest BCUT2D eigenvalue weighted by atomic mass is 19.1. The molecule has 0 saturated carbocycles. The minimum Gasteiger partial charge on any atom is -0.396 e. The normalized spacial score (nSPS) is 10.8. The summed E-state index contributed by atoms with van der Waals surface area (Å²) < 4.78 is 14.9. The number of aryl methyl sites for hydroxylation is 1. The average Bonchev–Trinajstić information content (AvgIpc) is 2.79. The van der Waals surface area contributed by atoms with Gasteiger partial charge in [0.25, 0.3) is 0 Å². The van der Waals surface area contributed by atoms with Crippen molar-refractivity contribution in [2.45, 2.75) is 19.5 Å². The van der Waals surface area contributed by atoms with Crippen molar-refractivity contribution in [1.82, 2.24) is 15.0 Å². The molecule has 0 unspecified atom stereocenters. The summed E-state index contributed by atoms with van der Waals surface area (Å²) in [6.45, 7) is 0.834. The summed E-state index contributed by atoms with van der Waals surface area (Å²) >= 11 is 0. The second-order valence-electron chi connectivity index (χ2n) is 3.90. The molecule has 96 valence electrons. The van der Waals surface area contributed by atoms with Crippen molar-refractivity contribution in [3.63, 3.8) is 0 Å². The maximum Gasteiger partial charge on any atom is 0.123 e. The largest absolute Gasteiger partial charge is 0.396 e. The molecule has 0 aliphatic carbocycles. The van der Waals surface area contributed by atoms with E-state index in [1.165, 1.54) is 12.1 Å². The number of benzene rings is 1. The van der Waals surface area contributed by atoms with Gasteiger partial charge in [-0.2, -0.15) is 0 Å². The number of rotatable bonds is 5. The lowest BCUT2D eigenvalue weighted by atomic mass is 10.1. The van der Waals surface area contributed by atoms with Gasteiger partial charge >= 0.3 is 0 Å². The molecular weight excluding hydrogens is 235 g/mol. The predicted molar refractivity (Wildman–Crippen MR) is 65.0 cm³/mol. The molecular formula is C12H15FN4O. The van der Waals surface area contributed by atoms with Crippen molar-refractivity contribution in [3.8, 4) is 11.3 Å². The second-order valence-corrected chi connectivity index (χ2v) is 3.90. The quantitative estimate of drug-likeness (QED) is 0.827. The maximum atomic E-state index is 13.3. The van der Waals surface area contributed by atoms with Gasteiger partial charge in [-0.15, -0.1) is 5.10 Å². The summed E-state index contributed by atoms with van der Waals surface area (Å²) in [5.74, 6) is -0.314. The first kappa shape index (κ1) is 12.7. The number of nitrogens with two attached hydrogens (primary N) is 1. The van der Waals surface area contributed by atoms with Crippen LogP contribution in [0.5, 0.6) is 0 Å². The fraction of sp³-hybridized carbons (Fsp3) is 0.333. The highest BCUT2D eigenvalue weighted by Gasteiger charge is 2.13. The first-order valence-corrected chi connectivity index (χ1v) is 5.75. The minimum absolute atomic E-state index is 0.0699. The van der Waals surface area contributed by atoms with Crippen LogP contribution in [-0.2, 0) is 13.1 Å². The number of aromatic nitrogens is 3. The van der Waals surface area contributed by atoms with E-state index in [-0.39, 0.29) is 19.0 Å². The molecule has 2 aromatic rings. The van der Waals surface area contributed by atoms with E-state index >= 15 is 0 Å². The Morgan fingerprint density at radius 3 is 2.89 bits per heavy atom. The molecule has 1 heterocycles. The zero-order valence-corrected chi connectivity index (χ0v) is 9.88. The minimum atomic E-state index is -0.314. The molecule has 0 fully saturated rings. The van der Waals surface area contributed by atoms with Crippen LogP contribution in [0, 0.1) is 5.82 Å². The molecule has 1 aromatic heterocycles. The van der Waals surface area contributed by atoms with Gasteiger partial charge in [0.1, 0.15) is 11.5 Å². The van der Waals surface area contributed by atoms with Gasteiger partial charge in [-0.05, 0) is 18.6 Å². The number of hydrogen-bond acceptors (Lipinski definition) is 4. The van der Waals surface area contributed by atoms with Gasteiger partial charge in [0.15, 0.2) is 0 Å². The van der Waals surface area contributed by atoms with Crippen molar-refractivity contribution < 1.29 is 9.50 Å². The summed E-state index contributed by atoms with van der Waals surface area (Å²) in [4.78, 5) is 0. The van der Waals surface area contributed by atoms with Crippen LogP contribution in [0.3, 0.4) is 0 Å². The molecule has 0 radical (unpaired) electrons. The highest BCUT2D eigenvalue weighted by Crippen LogP contribution is 2.23. The van der Waals surface area contributed by atoms with Crippen molar-refractivity contribution in [3.05, 3.63) is 35.8 Å². The second kappa shape index (κ2) is 5.70. The summed E-state index contributed by atoms with van der Waals surface area (Å²) in [5, 5.41) is 16.8. The SMILES string of the molecule is NCc1nnn(CCCO)c1-c1cccc(F)c1. The lowest BCUT2D eigenvalue weighted by Gasteiger charge is -2.07. The molecule has 1 aromatic carbocycles. The van der Waals surface area contributed by atoms with Crippen LogP contribution in [-0.4, -0.2) is 26.7 Å². The summed E-state index contributed by atoms with van der Waals surface area (Å²) in [5.41, 5.74) is 7.64. The van der Waals surface area contributed by atoms with Gasteiger partial charge in [-0.1, -0.05) is 17.3 Å². The standard InChI is InChI=1S/C12H15FN4O/c13-10-4-1-3-9(7-10)12-11(8-14)15-16-17(12)5-2-6-18/h1,3-4,7,18H,2,5-6,8,14H2. The molecule has 2 rings (SSSR count). The van der Waals surface area contributed by atoms with Crippen molar-refractivity contribution in [2.75, 3.05) is 6.61 Å². The Kier molecular flexibility index (Phi) is 4.01. The Hall–Kier alpha value is -1.79. The van der Waals surface area contributed by atoms with Gasteiger partial charge in [-0.3, -0.25) is 0 Å². The molecule has 18 heavy (non-hydrogen) atoms. The van der Waals surface area contributed by atoms with Crippen LogP contribution in [0.2, 0.25) is 0 Å². The van der Waals surface area contributed by atoms with Crippen LogP contribution in [0.25, 0.3) is 11.3 Å². The number of hydrogen-bond donors (Lipinski definition) is 2. The van der Waals surface area contributed by atoms with Crippen molar-refractivity contribution >= 4 is 0 Å². The van der Waals surface area contributed by atoms with E-state index < -0.39 is 0 Å². The third kappa shape index (κ3) is 2.55. The van der Waals surface area contributed by atoms with Crippen LogP contribution < -0.4 is 5.73 Å². The first-order valence-electron chi connectivity index (χ1n) is 5.75. The Bertz CT molecular complexity index is 527. The summed E-state index contributed by atoms with van der Waals surface area (Å²) in [7, 11) is 0. The molecule has 0 bridgehead atoms. The summed E-state index contributed by atoms with van der Waals surface area (Å²) in [6, 6.07) is 6.23. The van der Waals surface area contributed by atoms with Gasteiger partial charge < -0.3 is 10.8 Å². The fourth-order valence-electron chi connectivity index (χ4n) is 1.81. The highest BCUT2D eigenvalue weighted by molar-refractivity contribution is 5.61. The topological polar surface area (TPSA) is 77.0 Å². The summed E-state index contributed by atoms with van der Waals surface area (Å²) in [6.07, 6.45) is 0.565. The van der Waals surface area contributed by atoms with E-state index in [2.05, 4.69) is 10.3 Å². The van der Waals surface area contributed by atoms with Crippen LogP contribution >= 0.6 is 0 Å². The fourth-order valence-corrected chi connectivity index (χ4v) is 1.81. The monoisotopic (exact) mass is 250 g/mol. The number of aliphatic hydroxyl groups excluding tert-OH is 1. The van der Waals surface area contributed by atoms with Gasteiger partial charge in [0, 0.05) is 25.3 Å². The Labute approximate surface area is 104 Å². The third-order valence-electron chi connectivity index (χ3n) is 2.62. The molecule has 0 aliphatic heterocycles. The Balaban J connectivity index is 2.43. The van der Waals surface area contributed by atoms with Crippen LogP contribution in [0.4, 0.5) is 4.39 Å². The van der Waals surface area contributed by atoms with Crippen LogP contribution in [0.15, 0.2) is 24.3 Å². The Morgan fingerprint density at radius 1 is 1.39 bits per heavy atom. The predicted octanol–water partition coefficient (Wildman–Crippen LogP) is 0.925. The Morgan fingerprint density at radius 2 is 2.22 bits per heavy atom. The first-order chi connectivity index (χ1) is 8.76. The molecule has 0 amide bonds. The molecule has 0 atom stereocenters. The average molecular weight is 250 g/mol. The van der Waals surface area contributed by atoms with Gasteiger partial charge in [0.2, 0.25) is 0 Å². The van der Waals surface area contributed by atoms with Gasteiger partial charge in [0.05, 0.1) is 5.69 Å². The van der Waals surface area contributed by atoms with Gasteiger partial charge in [-0.25, -0.2) is 9.07 Å². The molecule has 5 nitrogen and oxygen atoms in total. The molecule has 6 heteroatoms. The van der Waals surface area contributed by atoms with E-state index in [1.807, 2.05) is 0 Å². The smallest absolute Gasteiger partial charge is 0.123 e. The maximum absolute atomic E-state index is 13.3. The van der Waals surface area contributed by atoms with Crippen molar-refractivity contribution in [1.29, 1.82) is 0 Å². The van der Waals surface area contributed by atoms with Crippen LogP contribution in [0.1, 0.15) is 12.1 Å². The third-order valence-corrected chi connectivity index (χ3v) is 2.62. The van der Waals surface area contributed by atoms with E-state index in [9.17, 15) is 4.39 Å². The molecule has 0 saturated heterocycles. The molecule has 0 spiro atoms. The number of nitrogens with zero attached hydrogens (tertiary/aromatic N) is 3. The van der Waals surface area contributed by atoms with E-state index in [0.29, 0.717) is 29.9 Å². The molecule has 0 aliphatic rings. The van der Waals surface area contributed by atoms with E-state index in [0.717, 1.165) is 0 Å². The zero-order valence-electron chi connectivity index (χ0n) is 9.88. The lowest BCUT2D eigenvalue weighted by molar-refractivity contribution is 0.276. The zero-order chi connectivity index (χ0) is 13.0. The van der Waals surface area contributed by atoms with E-state index in [4.69, 9.17) is 10.8 Å².